The maximum Gasteiger partial charge on any atom is 0.262 e. The molecule has 4 nitrogen and oxygen atoms in total. The third-order valence-electron chi connectivity index (χ3n) is 3.17. The highest BCUT2D eigenvalue weighted by atomic mass is 32.1. The first-order valence-corrected chi connectivity index (χ1v) is 7.50. The molecule has 0 aliphatic heterocycles. The largest absolute Gasteiger partial charge is 0.384 e. The predicted octanol–water partition coefficient (Wildman–Crippen LogP) is 2.91. The van der Waals surface area contributed by atoms with Gasteiger partial charge in [0.2, 0.25) is 0 Å². The first-order valence-electron chi connectivity index (χ1n) is 6.63. The van der Waals surface area contributed by atoms with E-state index in [0.717, 1.165) is 17.0 Å². The van der Waals surface area contributed by atoms with Gasteiger partial charge in [-0.3, -0.25) is 10.2 Å². The van der Waals surface area contributed by atoms with E-state index in [0.29, 0.717) is 12.5 Å². The van der Waals surface area contributed by atoms with E-state index in [1.807, 2.05) is 23.6 Å². The van der Waals surface area contributed by atoms with Crippen LogP contribution >= 0.6 is 11.3 Å². The van der Waals surface area contributed by atoms with Crippen molar-refractivity contribution in [1.29, 1.82) is 5.41 Å². The predicted molar refractivity (Wildman–Crippen MR) is 84.5 cm³/mol. The fourth-order valence-corrected chi connectivity index (χ4v) is 2.79. The molecule has 5 heteroatoms. The van der Waals surface area contributed by atoms with Gasteiger partial charge in [-0.1, -0.05) is 19.9 Å². The topological polar surface area (TPSA) is 71.9 Å². The molecule has 0 saturated heterocycles. The Morgan fingerprint density at radius 3 is 2.70 bits per heavy atom. The molecular formula is C15H19N3OS. The van der Waals surface area contributed by atoms with Crippen LogP contribution in [0.2, 0.25) is 0 Å². The van der Waals surface area contributed by atoms with Gasteiger partial charge in [-0.2, -0.15) is 0 Å². The molecule has 20 heavy (non-hydrogen) atoms. The van der Waals surface area contributed by atoms with Gasteiger partial charge in [0.25, 0.3) is 5.56 Å². The van der Waals surface area contributed by atoms with Crippen LogP contribution in [0, 0.1) is 11.3 Å². The first-order chi connectivity index (χ1) is 9.50. The molecule has 3 N–H and O–H groups in total. The van der Waals surface area contributed by atoms with Crippen LogP contribution in [0.15, 0.2) is 34.4 Å². The minimum Gasteiger partial charge on any atom is -0.384 e. The first kappa shape index (κ1) is 14.5. The number of amidine groups is 1. The molecule has 0 saturated carbocycles. The van der Waals surface area contributed by atoms with E-state index in [1.165, 1.54) is 0 Å². The van der Waals surface area contributed by atoms with Crippen LogP contribution < -0.4 is 11.3 Å². The highest BCUT2D eigenvalue weighted by Gasteiger charge is 2.13. The quantitative estimate of drug-likeness (QED) is 0.656. The molecular weight excluding hydrogens is 270 g/mol. The van der Waals surface area contributed by atoms with Gasteiger partial charge in [0.05, 0.1) is 16.1 Å². The standard InChI is InChI=1S/C15H19N3OS/c1-10(2)7-8-18-12(13-4-3-9-20-13)6-5-11(14(16)17)15(18)19/h3-6,9-10H,7-8H2,1-2H3,(H3,16,17). The number of hydrogen-bond donors (Lipinski definition) is 2. The summed E-state index contributed by atoms with van der Waals surface area (Å²) >= 11 is 1.60. The van der Waals surface area contributed by atoms with Crippen molar-refractivity contribution in [1.82, 2.24) is 4.57 Å². The van der Waals surface area contributed by atoms with Crippen molar-refractivity contribution in [2.45, 2.75) is 26.8 Å². The summed E-state index contributed by atoms with van der Waals surface area (Å²) in [4.78, 5) is 13.5. The van der Waals surface area contributed by atoms with E-state index < -0.39 is 0 Å². The summed E-state index contributed by atoms with van der Waals surface area (Å²) in [5, 5.41) is 9.49. The molecule has 0 bridgehead atoms. The molecule has 0 spiro atoms. The Balaban J connectivity index is 2.54. The number of nitrogens with one attached hydrogen (secondary N) is 1. The number of nitrogen functional groups attached to an aromatic ring is 1. The number of thiophene rings is 1. The molecule has 2 heterocycles. The van der Waals surface area contributed by atoms with Crippen molar-refractivity contribution in [3.63, 3.8) is 0 Å². The third-order valence-corrected chi connectivity index (χ3v) is 4.06. The van der Waals surface area contributed by atoms with Crippen molar-refractivity contribution in [3.05, 3.63) is 45.6 Å². The highest BCUT2D eigenvalue weighted by Crippen LogP contribution is 2.24. The number of rotatable bonds is 5. The molecule has 0 aromatic carbocycles. The van der Waals surface area contributed by atoms with Gasteiger partial charge in [0.15, 0.2) is 0 Å². The fourth-order valence-electron chi connectivity index (χ4n) is 2.03. The van der Waals surface area contributed by atoms with Gasteiger partial charge in [-0.05, 0) is 35.9 Å². The molecule has 2 rings (SSSR count). The smallest absolute Gasteiger partial charge is 0.262 e. The maximum atomic E-state index is 12.5. The lowest BCUT2D eigenvalue weighted by Crippen LogP contribution is -2.30. The Labute approximate surface area is 122 Å². The van der Waals surface area contributed by atoms with Crippen LogP contribution in [0.4, 0.5) is 0 Å². The maximum absolute atomic E-state index is 12.5. The molecule has 2 aromatic rings. The van der Waals surface area contributed by atoms with Gasteiger partial charge in [-0.15, -0.1) is 11.3 Å². The number of pyridine rings is 1. The van der Waals surface area contributed by atoms with Gasteiger partial charge in [-0.25, -0.2) is 0 Å². The third kappa shape index (κ3) is 2.99. The van der Waals surface area contributed by atoms with Crippen molar-refractivity contribution in [3.8, 4) is 10.6 Å². The highest BCUT2D eigenvalue weighted by molar-refractivity contribution is 7.13. The lowest BCUT2D eigenvalue weighted by molar-refractivity contribution is 0.511. The molecule has 0 atom stereocenters. The van der Waals surface area contributed by atoms with Gasteiger partial charge < -0.3 is 10.3 Å². The summed E-state index contributed by atoms with van der Waals surface area (Å²) in [6.45, 7) is 4.90. The second kappa shape index (κ2) is 6.05. The van der Waals surface area contributed by atoms with Crippen LogP contribution in [0.1, 0.15) is 25.8 Å². The van der Waals surface area contributed by atoms with E-state index >= 15 is 0 Å². The number of hydrogen-bond acceptors (Lipinski definition) is 3. The molecule has 0 amide bonds. The zero-order valence-corrected chi connectivity index (χ0v) is 12.5. The SMILES string of the molecule is CC(C)CCn1c(-c2cccs2)ccc(C(=N)N)c1=O. The van der Waals surface area contributed by atoms with Crippen molar-refractivity contribution in [2.24, 2.45) is 11.7 Å². The number of aromatic nitrogens is 1. The van der Waals surface area contributed by atoms with E-state index in [1.54, 1.807) is 22.0 Å². The summed E-state index contributed by atoms with van der Waals surface area (Å²) < 4.78 is 1.74. The van der Waals surface area contributed by atoms with E-state index in [2.05, 4.69) is 13.8 Å². The second-order valence-electron chi connectivity index (χ2n) is 5.16. The fraction of sp³-hybridized carbons (Fsp3) is 0.333. The molecule has 0 radical (unpaired) electrons. The van der Waals surface area contributed by atoms with E-state index in [9.17, 15) is 4.79 Å². The van der Waals surface area contributed by atoms with Gasteiger partial charge in [0, 0.05) is 6.54 Å². The van der Waals surface area contributed by atoms with E-state index in [-0.39, 0.29) is 17.0 Å². The zero-order valence-electron chi connectivity index (χ0n) is 11.7. The molecule has 0 unspecified atom stereocenters. The number of nitrogens with zero attached hydrogens (tertiary/aromatic N) is 1. The lowest BCUT2D eigenvalue weighted by Gasteiger charge is -2.14. The van der Waals surface area contributed by atoms with Gasteiger partial charge in [0.1, 0.15) is 5.84 Å². The van der Waals surface area contributed by atoms with E-state index in [4.69, 9.17) is 11.1 Å². The Bertz CT molecular complexity index is 656. The second-order valence-corrected chi connectivity index (χ2v) is 6.11. The van der Waals surface area contributed by atoms with Gasteiger partial charge >= 0.3 is 0 Å². The van der Waals surface area contributed by atoms with Crippen LogP contribution in [0.25, 0.3) is 10.6 Å². The van der Waals surface area contributed by atoms with Crippen LogP contribution in [-0.2, 0) is 6.54 Å². The Kier molecular flexibility index (Phi) is 4.39. The molecule has 2 aromatic heterocycles. The zero-order chi connectivity index (χ0) is 14.7. The summed E-state index contributed by atoms with van der Waals surface area (Å²) in [6.07, 6.45) is 0.916. The minimum absolute atomic E-state index is 0.175. The summed E-state index contributed by atoms with van der Waals surface area (Å²) in [5.41, 5.74) is 6.47. The van der Waals surface area contributed by atoms with Crippen LogP contribution in [0.3, 0.4) is 0 Å². The monoisotopic (exact) mass is 289 g/mol. The Morgan fingerprint density at radius 1 is 1.40 bits per heavy atom. The van der Waals surface area contributed by atoms with Crippen molar-refractivity contribution < 1.29 is 0 Å². The lowest BCUT2D eigenvalue weighted by atomic mass is 10.1. The summed E-state index contributed by atoms with van der Waals surface area (Å²) in [7, 11) is 0. The average molecular weight is 289 g/mol. The Hall–Kier alpha value is -1.88. The van der Waals surface area contributed by atoms with Crippen molar-refractivity contribution in [2.75, 3.05) is 0 Å². The van der Waals surface area contributed by atoms with Crippen molar-refractivity contribution >= 4 is 17.2 Å². The van der Waals surface area contributed by atoms with Crippen LogP contribution in [0.5, 0.6) is 0 Å². The average Bonchev–Trinajstić information content (AvgIpc) is 2.89. The molecule has 106 valence electrons. The minimum atomic E-state index is -0.177. The summed E-state index contributed by atoms with van der Waals surface area (Å²) in [5.74, 6) is 0.338. The molecule has 0 aliphatic rings. The van der Waals surface area contributed by atoms with Crippen LogP contribution in [-0.4, -0.2) is 10.4 Å². The molecule has 0 aliphatic carbocycles. The summed E-state index contributed by atoms with van der Waals surface area (Å²) in [6, 6.07) is 7.49. The normalized spacial score (nSPS) is 10.9. The Morgan fingerprint density at radius 2 is 2.15 bits per heavy atom. The number of nitrogens with two attached hydrogens (primary N) is 1. The molecule has 0 fully saturated rings.